The summed E-state index contributed by atoms with van der Waals surface area (Å²) in [6.07, 6.45) is 0.201. The summed E-state index contributed by atoms with van der Waals surface area (Å²) in [4.78, 5) is 31.2. The number of halogens is 1. The smallest absolute Gasteiger partial charge is 0.251 e. The molecule has 0 unspecified atom stereocenters. The minimum atomic E-state index is -0.436. The second-order valence-corrected chi connectivity index (χ2v) is 7.50. The Kier molecular flexibility index (Phi) is 4.89. The molecule has 146 valence electrons. The monoisotopic (exact) mass is 381 g/mol. The minimum Gasteiger partial charge on any atom is -0.367 e. The van der Waals surface area contributed by atoms with Crippen LogP contribution in [0.3, 0.4) is 0 Å². The molecule has 5 nitrogen and oxygen atoms in total. The number of piperazine rings is 1. The van der Waals surface area contributed by atoms with E-state index in [2.05, 4.69) is 4.90 Å². The second kappa shape index (κ2) is 7.36. The van der Waals surface area contributed by atoms with Crippen LogP contribution in [0.25, 0.3) is 0 Å². The third-order valence-corrected chi connectivity index (χ3v) is 5.73. The molecule has 0 bridgehead atoms. The number of benzene rings is 2. The van der Waals surface area contributed by atoms with Crippen LogP contribution in [0.1, 0.15) is 17.5 Å². The van der Waals surface area contributed by atoms with Crippen molar-refractivity contribution in [3.8, 4) is 0 Å². The number of carbonyl (C=O) groups is 2. The van der Waals surface area contributed by atoms with Crippen molar-refractivity contribution < 1.29 is 14.0 Å². The average molecular weight is 381 g/mol. The number of hydrogen-bond acceptors (Lipinski definition) is 4. The molecule has 0 spiro atoms. The van der Waals surface area contributed by atoms with Crippen LogP contribution in [-0.2, 0) is 9.59 Å². The molecule has 2 fully saturated rings. The third-order valence-electron chi connectivity index (χ3n) is 5.73. The maximum absolute atomic E-state index is 14.0. The molecule has 0 N–H and O–H groups in total. The summed E-state index contributed by atoms with van der Waals surface area (Å²) < 4.78 is 14.0. The molecule has 2 aromatic rings. The molecule has 2 aliphatic rings. The summed E-state index contributed by atoms with van der Waals surface area (Å²) >= 11 is 0. The number of amides is 2. The summed E-state index contributed by atoms with van der Waals surface area (Å²) in [5, 5.41) is 0. The highest BCUT2D eigenvalue weighted by Crippen LogP contribution is 2.32. The first-order valence-corrected chi connectivity index (χ1v) is 9.64. The summed E-state index contributed by atoms with van der Waals surface area (Å²) in [7, 11) is 0. The number of hydrogen-bond donors (Lipinski definition) is 0. The average Bonchev–Trinajstić information content (AvgIpc) is 2.97. The highest BCUT2D eigenvalue weighted by Gasteiger charge is 2.44. The minimum absolute atomic E-state index is 0.149. The molecule has 1 atom stereocenters. The fourth-order valence-corrected chi connectivity index (χ4v) is 4.28. The van der Waals surface area contributed by atoms with Gasteiger partial charge in [-0.15, -0.1) is 0 Å². The van der Waals surface area contributed by atoms with Crippen molar-refractivity contribution >= 4 is 23.2 Å². The second-order valence-electron chi connectivity index (χ2n) is 7.50. The maximum atomic E-state index is 14.0. The lowest BCUT2D eigenvalue weighted by molar-refractivity contribution is -0.123. The van der Waals surface area contributed by atoms with E-state index in [0.717, 1.165) is 11.1 Å². The zero-order valence-electron chi connectivity index (χ0n) is 16.2. The van der Waals surface area contributed by atoms with Crippen LogP contribution < -0.4 is 9.80 Å². The van der Waals surface area contributed by atoms with E-state index in [9.17, 15) is 14.0 Å². The molecule has 2 aromatic carbocycles. The van der Waals surface area contributed by atoms with Crippen molar-refractivity contribution in [2.24, 2.45) is 0 Å². The van der Waals surface area contributed by atoms with E-state index in [1.54, 1.807) is 12.1 Å². The predicted molar refractivity (Wildman–Crippen MR) is 107 cm³/mol. The fraction of sp³-hybridized carbons (Fsp3) is 0.364. The van der Waals surface area contributed by atoms with Gasteiger partial charge in [0.05, 0.1) is 23.8 Å². The lowest BCUT2D eigenvalue weighted by Crippen LogP contribution is -2.52. The molecule has 0 radical (unpaired) electrons. The van der Waals surface area contributed by atoms with Crippen molar-refractivity contribution in [1.29, 1.82) is 0 Å². The van der Waals surface area contributed by atoms with Gasteiger partial charge < -0.3 is 4.90 Å². The van der Waals surface area contributed by atoms with Crippen LogP contribution in [0.15, 0.2) is 42.5 Å². The van der Waals surface area contributed by atoms with Gasteiger partial charge in [-0.3, -0.25) is 14.5 Å². The molecular formula is C22H24FN3O2. The molecule has 6 heteroatoms. The number of carbonyl (C=O) groups excluding carboxylic acids is 2. The highest BCUT2D eigenvalue weighted by atomic mass is 19.1. The van der Waals surface area contributed by atoms with Gasteiger partial charge in [0, 0.05) is 26.2 Å². The van der Waals surface area contributed by atoms with Gasteiger partial charge in [0.2, 0.25) is 5.91 Å². The molecule has 2 amide bonds. The molecule has 0 aromatic heterocycles. The number of aryl methyl sites for hydroxylation is 2. The molecular weight excluding hydrogens is 357 g/mol. The first-order valence-electron chi connectivity index (χ1n) is 9.64. The van der Waals surface area contributed by atoms with Crippen LogP contribution in [0.4, 0.5) is 15.8 Å². The van der Waals surface area contributed by atoms with Gasteiger partial charge in [0.1, 0.15) is 5.82 Å². The van der Waals surface area contributed by atoms with Gasteiger partial charge in [-0.1, -0.05) is 30.3 Å². The topological polar surface area (TPSA) is 43.9 Å². The van der Waals surface area contributed by atoms with Crippen LogP contribution in [0, 0.1) is 19.7 Å². The Bertz CT molecular complexity index is 901. The van der Waals surface area contributed by atoms with Crippen molar-refractivity contribution in [3.63, 3.8) is 0 Å². The summed E-state index contributed by atoms with van der Waals surface area (Å²) in [6, 6.07) is 12.1. The van der Waals surface area contributed by atoms with E-state index in [0.29, 0.717) is 37.6 Å². The molecule has 28 heavy (non-hydrogen) atoms. The Morgan fingerprint density at radius 3 is 2.18 bits per heavy atom. The van der Waals surface area contributed by atoms with Gasteiger partial charge in [-0.05, 0) is 37.1 Å². The number of nitrogens with zero attached hydrogens (tertiary/aromatic N) is 3. The van der Waals surface area contributed by atoms with Gasteiger partial charge >= 0.3 is 0 Å². The van der Waals surface area contributed by atoms with Gasteiger partial charge in [-0.25, -0.2) is 9.29 Å². The lowest BCUT2D eigenvalue weighted by Gasteiger charge is -2.38. The Morgan fingerprint density at radius 2 is 1.54 bits per heavy atom. The highest BCUT2D eigenvalue weighted by molar-refractivity contribution is 6.23. The van der Waals surface area contributed by atoms with Crippen molar-refractivity contribution in [3.05, 3.63) is 59.4 Å². The Labute approximate surface area is 164 Å². The van der Waals surface area contributed by atoms with Crippen LogP contribution in [-0.4, -0.2) is 48.9 Å². The van der Waals surface area contributed by atoms with E-state index in [4.69, 9.17) is 0 Å². The Morgan fingerprint density at radius 1 is 0.893 bits per heavy atom. The van der Waals surface area contributed by atoms with Crippen LogP contribution in [0.5, 0.6) is 0 Å². The Balaban J connectivity index is 1.49. The van der Waals surface area contributed by atoms with E-state index in [1.807, 2.05) is 43.0 Å². The number of imide groups is 1. The standard InChI is InChI=1S/C22H24FN3O2/c1-15-6-5-7-16(2)21(15)26-20(27)14-19(22(26)28)25-12-10-24(11-13-25)18-9-4-3-8-17(18)23/h3-9,19H,10-14H2,1-2H3/t19-/m1/s1. The fourth-order valence-electron chi connectivity index (χ4n) is 4.28. The van der Waals surface area contributed by atoms with Gasteiger partial charge in [0.15, 0.2) is 0 Å². The van der Waals surface area contributed by atoms with Crippen molar-refractivity contribution in [2.45, 2.75) is 26.3 Å². The first kappa shape index (κ1) is 18.6. The maximum Gasteiger partial charge on any atom is 0.251 e. The Hall–Kier alpha value is -2.73. The van der Waals surface area contributed by atoms with Gasteiger partial charge in [0.25, 0.3) is 5.91 Å². The van der Waals surface area contributed by atoms with E-state index < -0.39 is 6.04 Å². The lowest BCUT2D eigenvalue weighted by atomic mass is 10.1. The molecule has 2 aliphatic heterocycles. The molecule has 4 rings (SSSR count). The number of rotatable bonds is 3. The summed E-state index contributed by atoms with van der Waals surface area (Å²) in [5.74, 6) is -0.532. The molecule has 2 saturated heterocycles. The zero-order valence-corrected chi connectivity index (χ0v) is 16.2. The van der Waals surface area contributed by atoms with Crippen molar-refractivity contribution in [2.75, 3.05) is 36.0 Å². The molecule has 0 aliphatic carbocycles. The molecule has 2 heterocycles. The zero-order chi connectivity index (χ0) is 19.8. The van der Waals surface area contributed by atoms with Gasteiger partial charge in [-0.2, -0.15) is 0 Å². The summed E-state index contributed by atoms with van der Waals surface area (Å²) in [6.45, 7) is 6.34. The van der Waals surface area contributed by atoms with E-state index >= 15 is 0 Å². The van der Waals surface area contributed by atoms with Crippen LogP contribution >= 0.6 is 0 Å². The van der Waals surface area contributed by atoms with Crippen molar-refractivity contribution in [1.82, 2.24) is 4.90 Å². The SMILES string of the molecule is Cc1cccc(C)c1N1C(=O)C[C@@H](N2CCN(c3ccccc3F)CC2)C1=O. The largest absolute Gasteiger partial charge is 0.367 e. The summed E-state index contributed by atoms with van der Waals surface area (Å²) in [5.41, 5.74) is 3.15. The molecule has 0 saturated carbocycles. The predicted octanol–water partition coefficient (Wildman–Crippen LogP) is 2.90. The number of para-hydroxylation sites is 2. The van der Waals surface area contributed by atoms with Crippen LogP contribution in [0.2, 0.25) is 0 Å². The third kappa shape index (κ3) is 3.18. The van der Waals surface area contributed by atoms with E-state index in [-0.39, 0.29) is 24.1 Å². The quantitative estimate of drug-likeness (QED) is 0.767. The van der Waals surface area contributed by atoms with E-state index in [1.165, 1.54) is 11.0 Å². The number of anilines is 2. The normalized spacial score (nSPS) is 20.9. The first-order chi connectivity index (χ1) is 13.5.